The maximum absolute atomic E-state index is 13.5. The fraction of sp³-hybridized carbons (Fsp3) is 0.0909. The third kappa shape index (κ3) is 2.12. The fourth-order valence-electron chi connectivity index (χ4n) is 1.32. The molecule has 5 heteroatoms. The third-order valence-corrected chi connectivity index (χ3v) is 2.24. The van der Waals surface area contributed by atoms with E-state index in [2.05, 4.69) is 9.97 Å². The molecule has 0 aliphatic heterocycles. The molecule has 0 atom stereocenters. The number of methoxy groups -OCH3 is 1. The molecule has 2 aromatic rings. The molecule has 0 fully saturated rings. The predicted molar refractivity (Wildman–Crippen MR) is 59.0 cm³/mol. The predicted octanol–water partition coefficient (Wildman–Crippen LogP) is 2.94. The second-order valence-corrected chi connectivity index (χ2v) is 3.41. The molecule has 1 aromatic heterocycles. The van der Waals surface area contributed by atoms with Crippen LogP contribution in [0.2, 0.25) is 5.28 Å². The molecular formula is C11H8ClFN2O. The van der Waals surface area contributed by atoms with E-state index in [-0.39, 0.29) is 11.0 Å². The van der Waals surface area contributed by atoms with Crippen molar-refractivity contribution in [3.8, 4) is 17.0 Å². The van der Waals surface area contributed by atoms with Crippen LogP contribution in [0.15, 0.2) is 30.5 Å². The molecule has 0 radical (unpaired) electrons. The van der Waals surface area contributed by atoms with E-state index in [1.165, 1.54) is 0 Å². The van der Waals surface area contributed by atoms with Crippen LogP contribution >= 0.6 is 11.6 Å². The molecule has 0 N–H and O–H groups in total. The lowest BCUT2D eigenvalue weighted by Gasteiger charge is -2.04. The Morgan fingerprint density at radius 3 is 2.94 bits per heavy atom. The highest BCUT2D eigenvalue weighted by atomic mass is 35.5. The highest BCUT2D eigenvalue weighted by Crippen LogP contribution is 2.24. The van der Waals surface area contributed by atoms with Crippen molar-refractivity contribution in [3.63, 3.8) is 0 Å². The van der Waals surface area contributed by atoms with E-state index in [4.69, 9.17) is 16.3 Å². The van der Waals surface area contributed by atoms with E-state index in [9.17, 15) is 4.39 Å². The topological polar surface area (TPSA) is 35.0 Å². The average molecular weight is 239 g/mol. The number of hydrogen-bond donors (Lipinski definition) is 0. The quantitative estimate of drug-likeness (QED) is 0.755. The van der Waals surface area contributed by atoms with Crippen LogP contribution in [0.1, 0.15) is 0 Å². The molecule has 16 heavy (non-hydrogen) atoms. The first-order valence-electron chi connectivity index (χ1n) is 4.53. The molecule has 0 aliphatic carbocycles. The maximum Gasteiger partial charge on any atom is 0.223 e. The van der Waals surface area contributed by atoms with Gasteiger partial charge in [0.05, 0.1) is 13.3 Å². The van der Waals surface area contributed by atoms with Gasteiger partial charge in [0.15, 0.2) is 5.82 Å². The van der Waals surface area contributed by atoms with Crippen LogP contribution in [-0.4, -0.2) is 17.1 Å². The normalized spacial score (nSPS) is 10.2. The van der Waals surface area contributed by atoms with Crippen molar-refractivity contribution in [2.45, 2.75) is 0 Å². The molecule has 3 nitrogen and oxygen atoms in total. The summed E-state index contributed by atoms with van der Waals surface area (Å²) in [6, 6.07) is 6.93. The van der Waals surface area contributed by atoms with Gasteiger partial charge in [-0.15, -0.1) is 0 Å². The van der Waals surface area contributed by atoms with Crippen LogP contribution in [0.3, 0.4) is 0 Å². The fourth-order valence-corrected chi connectivity index (χ4v) is 1.45. The molecule has 0 bridgehead atoms. The lowest BCUT2D eigenvalue weighted by molar-refractivity contribution is 0.415. The summed E-state index contributed by atoms with van der Waals surface area (Å²) in [5.41, 5.74) is 0.764. The van der Waals surface area contributed by atoms with Gasteiger partial charge in [-0.3, -0.25) is 0 Å². The van der Waals surface area contributed by atoms with Crippen molar-refractivity contribution < 1.29 is 9.13 Å². The summed E-state index contributed by atoms with van der Waals surface area (Å²) in [4.78, 5) is 7.40. The number of halogens is 2. The lowest BCUT2D eigenvalue weighted by Crippen LogP contribution is -1.93. The Hall–Kier alpha value is -1.68. The number of nitrogens with zero attached hydrogens (tertiary/aromatic N) is 2. The molecule has 2 rings (SSSR count). The van der Waals surface area contributed by atoms with Gasteiger partial charge in [-0.2, -0.15) is 0 Å². The first-order chi connectivity index (χ1) is 7.70. The number of hydrogen-bond acceptors (Lipinski definition) is 3. The van der Waals surface area contributed by atoms with Crippen LogP contribution in [-0.2, 0) is 0 Å². The van der Waals surface area contributed by atoms with E-state index >= 15 is 0 Å². The van der Waals surface area contributed by atoms with Crippen molar-refractivity contribution >= 4 is 11.6 Å². The monoisotopic (exact) mass is 238 g/mol. The SMILES string of the molecule is COc1cccc(-c2nc(Cl)ncc2F)c1. The summed E-state index contributed by atoms with van der Waals surface area (Å²) < 4.78 is 18.5. The van der Waals surface area contributed by atoms with Gasteiger partial charge in [-0.05, 0) is 23.7 Å². The third-order valence-electron chi connectivity index (χ3n) is 2.06. The molecule has 0 saturated heterocycles. The van der Waals surface area contributed by atoms with Crippen molar-refractivity contribution in [2.24, 2.45) is 0 Å². The van der Waals surface area contributed by atoms with Gasteiger partial charge in [0.2, 0.25) is 5.28 Å². The molecule has 0 unspecified atom stereocenters. The van der Waals surface area contributed by atoms with E-state index in [0.29, 0.717) is 11.3 Å². The van der Waals surface area contributed by atoms with Gasteiger partial charge < -0.3 is 4.74 Å². The highest BCUT2D eigenvalue weighted by Gasteiger charge is 2.09. The summed E-state index contributed by atoms with van der Waals surface area (Å²) in [7, 11) is 1.54. The Kier molecular flexibility index (Phi) is 3.01. The van der Waals surface area contributed by atoms with Crippen LogP contribution in [0.4, 0.5) is 4.39 Å². The molecule has 0 aliphatic rings. The van der Waals surface area contributed by atoms with Crippen molar-refractivity contribution in [1.82, 2.24) is 9.97 Å². The van der Waals surface area contributed by atoms with E-state index < -0.39 is 5.82 Å². The first kappa shape index (κ1) is 10.8. The van der Waals surface area contributed by atoms with Gasteiger partial charge in [0, 0.05) is 5.56 Å². The molecule has 0 spiro atoms. The summed E-state index contributed by atoms with van der Waals surface area (Å²) in [5, 5.41) is 0.0132. The van der Waals surface area contributed by atoms with Gasteiger partial charge in [-0.1, -0.05) is 12.1 Å². The number of rotatable bonds is 2. The Morgan fingerprint density at radius 1 is 1.38 bits per heavy atom. The van der Waals surface area contributed by atoms with Gasteiger partial charge >= 0.3 is 0 Å². The zero-order valence-electron chi connectivity index (χ0n) is 8.45. The summed E-state index contributed by atoms with van der Waals surface area (Å²) in [6.45, 7) is 0. The zero-order valence-corrected chi connectivity index (χ0v) is 9.20. The number of aromatic nitrogens is 2. The molecular weight excluding hydrogens is 231 g/mol. The Morgan fingerprint density at radius 2 is 2.19 bits per heavy atom. The minimum Gasteiger partial charge on any atom is -0.497 e. The molecule has 82 valence electrons. The molecule has 0 saturated carbocycles. The molecule has 1 heterocycles. The average Bonchev–Trinajstić information content (AvgIpc) is 2.32. The van der Waals surface area contributed by atoms with Gasteiger partial charge in [0.25, 0.3) is 0 Å². The van der Waals surface area contributed by atoms with Crippen molar-refractivity contribution in [2.75, 3.05) is 7.11 Å². The van der Waals surface area contributed by atoms with Crippen LogP contribution in [0.5, 0.6) is 5.75 Å². The standard InChI is InChI=1S/C11H8ClFN2O/c1-16-8-4-2-3-7(5-8)10-9(13)6-14-11(12)15-10/h2-6H,1H3. The number of ether oxygens (including phenoxy) is 1. The van der Waals surface area contributed by atoms with E-state index in [0.717, 1.165) is 6.20 Å². The molecule has 0 amide bonds. The number of benzene rings is 1. The first-order valence-corrected chi connectivity index (χ1v) is 4.91. The zero-order chi connectivity index (χ0) is 11.5. The van der Waals surface area contributed by atoms with Crippen LogP contribution < -0.4 is 4.74 Å². The highest BCUT2D eigenvalue weighted by molar-refractivity contribution is 6.28. The van der Waals surface area contributed by atoms with Crippen LogP contribution in [0.25, 0.3) is 11.3 Å². The Bertz CT molecular complexity index is 519. The minimum absolute atomic E-state index is 0.0132. The second kappa shape index (κ2) is 4.45. The second-order valence-electron chi connectivity index (χ2n) is 3.07. The van der Waals surface area contributed by atoms with Crippen molar-refractivity contribution in [3.05, 3.63) is 41.6 Å². The summed E-state index contributed by atoms with van der Waals surface area (Å²) in [6.07, 6.45) is 1.05. The summed E-state index contributed by atoms with van der Waals surface area (Å²) >= 11 is 5.62. The maximum atomic E-state index is 13.5. The Balaban J connectivity index is 2.53. The van der Waals surface area contributed by atoms with Crippen LogP contribution in [0, 0.1) is 5.82 Å². The Labute approximate surface area is 96.9 Å². The van der Waals surface area contributed by atoms with Gasteiger partial charge in [-0.25, -0.2) is 14.4 Å². The van der Waals surface area contributed by atoms with E-state index in [1.54, 1.807) is 31.4 Å². The lowest BCUT2D eigenvalue weighted by atomic mass is 10.1. The van der Waals surface area contributed by atoms with Crippen molar-refractivity contribution in [1.29, 1.82) is 0 Å². The smallest absolute Gasteiger partial charge is 0.223 e. The minimum atomic E-state index is -0.516. The molecule has 1 aromatic carbocycles. The largest absolute Gasteiger partial charge is 0.497 e. The van der Waals surface area contributed by atoms with Gasteiger partial charge in [0.1, 0.15) is 11.4 Å². The van der Waals surface area contributed by atoms with E-state index in [1.807, 2.05) is 0 Å². The summed E-state index contributed by atoms with van der Waals surface area (Å²) in [5.74, 6) is 0.115.